The van der Waals surface area contributed by atoms with Gasteiger partial charge in [-0.15, -0.1) is 0 Å². The molecule has 0 saturated heterocycles. The molecule has 0 unspecified atom stereocenters. The van der Waals surface area contributed by atoms with Gasteiger partial charge in [0.05, 0.1) is 35.5 Å². The topological polar surface area (TPSA) is 105 Å². The Morgan fingerprint density at radius 3 is 1.23 bits per heavy atom. The van der Waals surface area contributed by atoms with Gasteiger partial charge < -0.3 is 18.9 Å². The zero-order chi connectivity index (χ0) is 33.4. The van der Waals surface area contributed by atoms with Gasteiger partial charge in [-0.1, -0.05) is 90.2 Å². The average molecular weight is 649 g/mol. The predicted molar refractivity (Wildman–Crippen MR) is 185 cm³/mol. The lowest BCUT2D eigenvalue weighted by molar-refractivity contribution is 0.0373. The number of carbonyl (C=O) groups excluding carboxylic acids is 4. The molecule has 0 N–H and O–H groups in total. The van der Waals surface area contributed by atoms with Crippen LogP contribution >= 0.6 is 0 Å². The van der Waals surface area contributed by atoms with Gasteiger partial charge in [-0.3, -0.25) is 0 Å². The first-order chi connectivity index (χ1) is 23.4. The summed E-state index contributed by atoms with van der Waals surface area (Å²) in [4.78, 5) is 52.4. The fraction of sp³-hybridized carbons (Fsp3) is 0.400. The summed E-state index contributed by atoms with van der Waals surface area (Å²) in [5.41, 5.74) is 1.14. The fourth-order valence-corrected chi connectivity index (χ4v) is 7.44. The molecule has 2 heterocycles. The van der Waals surface area contributed by atoms with Gasteiger partial charge in [0.2, 0.25) is 0 Å². The summed E-state index contributed by atoms with van der Waals surface area (Å²) in [5, 5.41) is 5.29. The van der Waals surface area contributed by atoms with Gasteiger partial charge in [-0.05, 0) is 47.9 Å². The van der Waals surface area contributed by atoms with Gasteiger partial charge in [0.15, 0.2) is 0 Å². The standard InChI is InChI=1S/C40H40O8/c1-3-5-7-9-11-13-19-45-29-21-27-31-25(37(41)47-39(27)43)18-16-24-34-30(46-20-14-12-10-8-6-4-2)22-28-32-26(38(42)48-40(28)44)17-15-23(36(32)34)33(29)35(24)31/h15-18,21-22H,3-14,19-20H2,1-2H3. The average Bonchev–Trinajstić information content (AvgIpc) is 3.08. The van der Waals surface area contributed by atoms with Crippen LogP contribution in [0.25, 0.3) is 43.1 Å². The van der Waals surface area contributed by atoms with Gasteiger partial charge in [0.25, 0.3) is 0 Å². The summed E-state index contributed by atoms with van der Waals surface area (Å²) in [7, 11) is 0. The van der Waals surface area contributed by atoms with Crippen LogP contribution in [0, 0.1) is 0 Å². The molecular weight excluding hydrogens is 608 g/mol. The van der Waals surface area contributed by atoms with Crippen LogP contribution in [0.1, 0.15) is 132 Å². The van der Waals surface area contributed by atoms with Crippen molar-refractivity contribution in [2.24, 2.45) is 0 Å². The van der Waals surface area contributed by atoms with Crippen molar-refractivity contribution >= 4 is 67.0 Å². The van der Waals surface area contributed by atoms with Crippen LogP contribution in [0.15, 0.2) is 36.4 Å². The third kappa shape index (κ3) is 5.41. The zero-order valence-corrected chi connectivity index (χ0v) is 27.6. The van der Waals surface area contributed by atoms with E-state index in [1.807, 2.05) is 12.1 Å². The van der Waals surface area contributed by atoms with Crippen LogP contribution in [0.4, 0.5) is 0 Å². The highest BCUT2D eigenvalue weighted by Crippen LogP contribution is 2.51. The Labute approximate surface area is 279 Å². The number of fused-ring (bicyclic) bond motifs is 2. The number of unbranched alkanes of at least 4 members (excludes halogenated alkanes) is 10. The second-order valence-electron chi connectivity index (χ2n) is 13.0. The van der Waals surface area contributed by atoms with Crippen LogP contribution in [0.2, 0.25) is 0 Å². The number of hydrogen-bond acceptors (Lipinski definition) is 8. The summed E-state index contributed by atoms with van der Waals surface area (Å²) < 4.78 is 23.2. The largest absolute Gasteiger partial charge is 0.493 e. The summed E-state index contributed by atoms with van der Waals surface area (Å²) in [6.45, 7) is 5.27. The van der Waals surface area contributed by atoms with E-state index in [0.717, 1.165) is 49.3 Å². The third-order valence-corrected chi connectivity index (χ3v) is 9.79. The number of rotatable bonds is 16. The molecule has 248 valence electrons. The Hall–Kier alpha value is -4.72. The molecule has 8 nitrogen and oxygen atoms in total. The second-order valence-corrected chi connectivity index (χ2v) is 13.0. The van der Waals surface area contributed by atoms with E-state index in [9.17, 15) is 19.2 Å². The Balaban J connectivity index is 1.44. The lowest BCUT2D eigenvalue weighted by atomic mass is 9.83. The van der Waals surface area contributed by atoms with E-state index < -0.39 is 23.9 Å². The number of cyclic esters (lactones) is 4. The monoisotopic (exact) mass is 648 g/mol. The Morgan fingerprint density at radius 2 is 0.812 bits per heavy atom. The minimum absolute atomic E-state index is 0.269. The Kier molecular flexibility index (Phi) is 8.90. The lowest BCUT2D eigenvalue weighted by Gasteiger charge is -2.25. The molecule has 7 rings (SSSR count). The van der Waals surface area contributed by atoms with Crippen molar-refractivity contribution in [3.63, 3.8) is 0 Å². The highest BCUT2D eigenvalue weighted by atomic mass is 16.6. The van der Waals surface area contributed by atoms with Crippen molar-refractivity contribution in [3.8, 4) is 11.5 Å². The van der Waals surface area contributed by atoms with Crippen LogP contribution in [-0.2, 0) is 9.47 Å². The van der Waals surface area contributed by atoms with Gasteiger partial charge >= 0.3 is 23.9 Å². The first-order valence-electron chi connectivity index (χ1n) is 17.5. The molecule has 0 saturated carbocycles. The van der Waals surface area contributed by atoms with Crippen molar-refractivity contribution in [1.82, 2.24) is 0 Å². The lowest BCUT2D eigenvalue weighted by Crippen LogP contribution is -2.21. The molecule has 0 radical (unpaired) electrons. The Bertz CT molecular complexity index is 1940. The SMILES string of the molecule is CCCCCCCCOc1cc2c3c(ccc4c5c(OCCCCCCCC)cc6c7c(ccc(c1c34)c75)C(=O)OC6=O)C(=O)OC2=O. The number of esters is 4. The quantitative estimate of drug-likeness (QED) is 0.0342. The van der Waals surface area contributed by atoms with Crippen molar-refractivity contribution in [2.75, 3.05) is 13.2 Å². The van der Waals surface area contributed by atoms with Gasteiger partial charge in [-0.2, -0.15) is 0 Å². The number of benzene rings is 5. The normalized spacial score (nSPS) is 14.0. The smallest absolute Gasteiger partial charge is 0.346 e. The van der Waals surface area contributed by atoms with Crippen molar-refractivity contribution in [2.45, 2.75) is 90.9 Å². The van der Waals surface area contributed by atoms with Crippen molar-refractivity contribution in [3.05, 3.63) is 58.7 Å². The molecule has 0 fully saturated rings. The summed E-state index contributed by atoms with van der Waals surface area (Å²) in [6.07, 6.45) is 13.1. The molecule has 0 atom stereocenters. The van der Waals surface area contributed by atoms with E-state index in [2.05, 4.69) is 13.8 Å². The fourth-order valence-electron chi connectivity index (χ4n) is 7.44. The number of ether oxygens (including phenoxy) is 4. The molecule has 5 aromatic rings. The van der Waals surface area contributed by atoms with Crippen LogP contribution in [0.5, 0.6) is 11.5 Å². The molecule has 0 aromatic heterocycles. The first-order valence-corrected chi connectivity index (χ1v) is 17.5. The summed E-state index contributed by atoms with van der Waals surface area (Å²) in [6, 6.07) is 10.4. The summed E-state index contributed by atoms with van der Waals surface area (Å²) >= 11 is 0. The number of hydrogen-bond donors (Lipinski definition) is 0. The highest BCUT2D eigenvalue weighted by molar-refractivity contribution is 6.41. The second kappa shape index (κ2) is 13.4. The highest BCUT2D eigenvalue weighted by Gasteiger charge is 2.35. The van der Waals surface area contributed by atoms with E-state index in [0.29, 0.717) is 68.2 Å². The third-order valence-electron chi connectivity index (χ3n) is 9.79. The van der Waals surface area contributed by atoms with Gasteiger partial charge in [-0.25, -0.2) is 19.2 Å². The molecule has 5 aromatic carbocycles. The number of carbonyl (C=O) groups is 4. The maximum Gasteiger partial charge on any atom is 0.346 e. The molecular formula is C40H40O8. The van der Waals surface area contributed by atoms with Gasteiger partial charge in [0.1, 0.15) is 11.5 Å². The van der Waals surface area contributed by atoms with E-state index in [-0.39, 0.29) is 11.1 Å². The van der Waals surface area contributed by atoms with Crippen molar-refractivity contribution in [1.29, 1.82) is 0 Å². The molecule has 0 amide bonds. The van der Waals surface area contributed by atoms with E-state index in [1.54, 1.807) is 24.3 Å². The minimum atomic E-state index is -0.718. The molecule has 0 spiro atoms. The van der Waals surface area contributed by atoms with E-state index in [4.69, 9.17) is 18.9 Å². The molecule has 8 heteroatoms. The van der Waals surface area contributed by atoms with Crippen molar-refractivity contribution < 1.29 is 38.1 Å². The predicted octanol–water partition coefficient (Wildman–Crippen LogP) is 9.84. The molecule has 0 bridgehead atoms. The molecule has 2 aliphatic heterocycles. The van der Waals surface area contributed by atoms with E-state index >= 15 is 0 Å². The molecule has 2 aliphatic rings. The molecule has 0 aliphatic carbocycles. The van der Waals surface area contributed by atoms with E-state index in [1.165, 1.54) is 38.5 Å². The van der Waals surface area contributed by atoms with Crippen LogP contribution < -0.4 is 9.47 Å². The van der Waals surface area contributed by atoms with Crippen LogP contribution in [-0.4, -0.2) is 37.1 Å². The zero-order valence-electron chi connectivity index (χ0n) is 27.6. The molecule has 48 heavy (non-hydrogen) atoms. The van der Waals surface area contributed by atoms with Gasteiger partial charge in [0, 0.05) is 32.3 Å². The minimum Gasteiger partial charge on any atom is -0.493 e. The summed E-state index contributed by atoms with van der Waals surface area (Å²) in [5.74, 6) is -1.86. The Morgan fingerprint density at radius 1 is 0.438 bits per heavy atom. The maximum atomic E-state index is 13.2. The van der Waals surface area contributed by atoms with Crippen LogP contribution in [0.3, 0.4) is 0 Å². The first kappa shape index (κ1) is 31.9. The maximum absolute atomic E-state index is 13.2.